The highest BCUT2D eigenvalue weighted by Crippen LogP contribution is 2.34. The Hall–Kier alpha value is -2.09. The van der Waals surface area contributed by atoms with Gasteiger partial charge in [-0.3, -0.25) is 9.59 Å². The molecule has 1 aliphatic rings. The van der Waals surface area contributed by atoms with Crippen molar-refractivity contribution in [3.63, 3.8) is 0 Å². The van der Waals surface area contributed by atoms with E-state index in [4.69, 9.17) is 10.8 Å². The van der Waals surface area contributed by atoms with Crippen molar-refractivity contribution < 1.29 is 23.1 Å². The summed E-state index contributed by atoms with van der Waals surface area (Å²) in [5.41, 5.74) is 4.41. The van der Waals surface area contributed by atoms with Gasteiger partial charge in [-0.25, -0.2) is 12.7 Å². The second kappa shape index (κ2) is 4.20. The number of aliphatic carboxylic acids is 1. The summed E-state index contributed by atoms with van der Waals surface area (Å²) in [5, 5.41) is 9.07. The Balaban J connectivity index is 2.50. The number of nitrogen functional groups attached to an aromatic ring is 1. The van der Waals surface area contributed by atoms with Crippen LogP contribution in [-0.4, -0.2) is 36.3 Å². The number of benzene rings is 1. The van der Waals surface area contributed by atoms with Gasteiger partial charge in [-0.1, -0.05) is 0 Å². The number of carboxylic acid groups (broad SMARTS) is 1. The first-order chi connectivity index (χ1) is 9.07. The zero-order valence-electron chi connectivity index (χ0n) is 11.0. The molecule has 1 amide bonds. The van der Waals surface area contributed by atoms with E-state index in [-0.39, 0.29) is 16.1 Å². The molecule has 0 saturated heterocycles. The van der Waals surface area contributed by atoms with E-state index in [9.17, 15) is 18.0 Å². The minimum absolute atomic E-state index is 0.0220. The van der Waals surface area contributed by atoms with E-state index in [0.717, 1.165) is 0 Å². The summed E-state index contributed by atoms with van der Waals surface area (Å²) in [7, 11) is -4.01. The van der Waals surface area contributed by atoms with Crippen LogP contribution in [0.4, 0.5) is 5.69 Å². The zero-order valence-corrected chi connectivity index (χ0v) is 11.8. The van der Waals surface area contributed by atoms with Crippen LogP contribution in [-0.2, 0) is 14.8 Å². The molecule has 0 radical (unpaired) electrons. The van der Waals surface area contributed by atoms with Gasteiger partial charge in [-0.2, -0.15) is 0 Å². The summed E-state index contributed by atoms with van der Waals surface area (Å²) in [5.74, 6) is -1.93. The third-order valence-corrected chi connectivity index (χ3v) is 4.93. The minimum atomic E-state index is -4.01. The molecule has 1 aromatic carbocycles. The molecule has 7 nitrogen and oxygen atoms in total. The van der Waals surface area contributed by atoms with Gasteiger partial charge in [0.2, 0.25) is 0 Å². The number of hydrogen-bond acceptors (Lipinski definition) is 5. The van der Waals surface area contributed by atoms with E-state index in [1.54, 1.807) is 0 Å². The van der Waals surface area contributed by atoms with Crippen molar-refractivity contribution in [1.82, 2.24) is 4.31 Å². The van der Waals surface area contributed by atoms with E-state index < -0.39 is 33.9 Å². The minimum Gasteiger partial charge on any atom is -0.481 e. The zero-order chi connectivity index (χ0) is 15.3. The van der Waals surface area contributed by atoms with Gasteiger partial charge in [0.25, 0.3) is 15.9 Å². The summed E-state index contributed by atoms with van der Waals surface area (Å²) in [6.45, 7) is 2.28. The van der Waals surface area contributed by atoms with Crippen molar-refractivity contribution in [2.45, 2.75) is 18.7 Å². The molecule has 0 aromatic heterocycles. The molecule has 1 aliphatic heterocycles. The molecule has 8 heteroatoms. The van der Waals surface area contributed by atoms with Crippen LogP contribution in [0.5, 0.6) is 0 Å². The molecule has 2 rings (SSSR count). The largest absolute Gasteiger partial charge is 0.481 e. The maximum atomic E-state index is 12.3. The van der Waals surface area contributed by atoms with E-state index >= 15 is 0 Å². The maximum absolute atomic E-state index is 12.3. The Morgan fingerprint density at radius 2 is 2.00 bits per heavy atom. The van der Waals surface area contributed by atoms with Crippen LogP contribution in [0.25, 0.3) is 0 Å². The lowest BCUT2D eigenvalue weighted by atomic mass is 9.94. The fourth-order valence-electron chi connectivity index (χ4n) is 1.89. The van der Waals surface area contributed by atoms with Gasteiger partial charge in [0, 0.05) is 5.69 Å². The Labute approximate surface area is 116 Å². The molecule has 20 heavy (non-hydrogen) atoms. The van der Waals surface area contributed by atoms with Gasteiger partial charge in [0.1, 0.15) is 4.90 Å². The molecule has 1 heterocycles. The fourth-order valence-corrected chi connectivity index (χ4v) is 3.60. The molecule has 0 atom stereocenters. The average molecular weight is 298 g/mol. The first kappa shape index (κ1) is 14.3. The third-order valence-electron chi connectivity index (χ3n) is 3.15. The molecule has 3 N–H and O–H groups in total. The lowest BCUT2D eigenvalue weighted by Gasteiger charge is -2.25. The highest BCUT2D eigenvalue weighted by Gasteiger charge is 2.45. The van der Waals surface area contributed by atoms with E-state index in [1.807, 2.05) is 0 Å². The van der Waals surface area contributed by atoms with Crippen LogP contribution in [0.15, 0.2) is 23.1 Å². The van der Waals surface area contributed by atoms with Gasteiger partial charge in [0.05, 0.1) is 17.5 Å². The van der Waals surface area contributed by atoms with Crippen molar-refractivity contribution in [2.75, 3.05) is 12.3 Å². The number of carboxylic acids is 1. The lowest BCUT2D eigenvalue weighted by molar-refractivity contribution is -0.147. The van der Waals surface area contributed by atoms with Crippen LogP contribution >= 0.6 is 0 Å². The third kappa shape index (κ3) is 2.01. The SMILES string of the molecule is CC(C)(CN1C(=O)c2cc(N)ccc2S1(=O)=O)C(=O)O. The number of carbonyl (C=O) groups is 2. The van der Waals surface area contributed by atoms with Crippen LogP contribution in [0.3, 0.4) is 0 Å². The number of nitrogens with zero attached hydrogens (tertiary/aromatic N) is 1. The fraction of sp³-hybridized carbons (Fsp3) is 0.333. The number of sulfonamides is 1. The predicted molar refractivity (Wildman–Crippen MR) is 70.5 cm³/mol. The molecular formula is C12H14N2O5S. The van der Waals surface area contributed by atoms with E-state index in [1.165, 1.54) is 32.0 Å². The standard InChI is InChI=1S/C12H14N2O5S/c1-12(2,11(16)17)6-14-10(15)8-5-7(13)3-4-9(8)20(14,18)19/h3-5H,6,13H2,1-2H3,(H,16,17). The summed E-state index contributed by atoms with van der Waals surface area (Å²) >= 11 is 0. The van der Waals surface area contributed by atoms with Crippen molar-refractivity contribution in [2.24, 2.45) is 5.41 Å². The van der Waals surface area contributed by atoms with Gasteiger partial charge < -0.3 is 10.8 Å². The average Bonchev–Trinajstić information content (AvgIpc) is 2.50. The quantitative estimate of drug-likeness (QED) is 0.786. The number of hydrogen-bond donors (Lipinski definition) is 2. The highest BCUT2D eigenvalue weighted by molar-refractivity contribution is 7.90. The Bertz CT molecular complexity index is 709. The summed E-state index contributed by atoms with van der Waals surface area (Å²) in [6.07, 6.45) is 0. The molecule has 1 aromatic rings. The highest BCUT2D eigenvalue weighted by atomic mass is 32.2. The van der Waals surface area contributed by atoms with Crippen molar-refractivity contribution >= 4 is 27.6 Å². The lowest BCUT2D eigenvalue weighted by Crippen LogP contribution is -2.42. The van der Waals surface area contributed by atoms with Gasteiger partial charge in [-0.05, 0) is 32.0 Å². The van der Waals surface area contributed by atoms with Crippen molar-refractivity contribution in [3.05, 3.63) is 23.8 Å². The van der Waals surface area contributed by atoms with Crippen LogP contribution in [0.1, 0.15) is 24.2 Å². The normalized spacial score (nSPS) is 17.1. The van der Waals surface area contributed by atoms with Gasteiger partial charge >= 0.3 is 5.97 Å². The second-order valence-corrected chi connectivity index (χ2v) is 7.09. The summed E-state index contributed by atoms with van der Waals surface area (Å²) in [4.78, 5) is 23.1. The molecule has 0 bridgehead atoms. The topological polar surface area (TPSA) is 118 Å². The Morgan fingerprint density at radius 1 is 1.40 bits per heavy atom. The smallest absolute Gasteiger partial charge is 0.310 e. The van der Waals surface area contributed by atoms with Gasteiger partial charge in [-0.15, -0.1) is 0 Å². The number of carbonyl (C=O) groups excluding carboxylic acids is 1. The Morgan fingerprint density at radius 3 is 2.55 bits per heavy atom. The van der Waals surface area contributed by atoms with Crippen LogP contribution in [0, 0.1) is 5.41 Å². The maximum Gasteiger partial charge on any atom is 0.310 e. The predicted octanol–water partition coefficient (Wildman–Crippen LogP) is 0.524. The molecule has 108 valence electrons. The van der Waals surface area contributed by atoms with Crippen molar-refractivity contribution in [1.29, 1.82) is 0 Å². The second-order valence-electron chi connectivity index (χ2n) is 5.26. The van der Waals surface area contributed by atoms with Gasteiger partial charge in [0.15, 0.2) is 0 Å². The van der Waals surface area contributed by atoms with Crippen LogP contribution < -0.4 is 5.73 Å². The first-order valence-corrected chi connectivity index (χ1v) is 7.21. The number of amides is 1. The first-order valence-electron chi connectivity index (χ1n) is 5.77. The molecule has 0 saturated carbocycles. The monoisotopic (exact) mass is 298 g/mol. The molecule has 0 unspecified atom stereocenters. The Kier molecular flexibility index (Phi) is 3.01. The number of anilines is 1. The van der Waals surface area contributed by atoms with E-state index in [2.05, 4.69) is 0 Å². The molecule has 0 fully saturated rings. The van der Waals surface area contributed by atoms with Crippen LogP contribution in [0.2, 0.25) is 0 Å². The summed E-state index contributed by atoms with van der Waals surface area (Å²) < 4.78 is 25.1. The molecule has 0 aliphatic carbocycles. The molecule has 0 spiro atoms. The summed E-state index contributed by atoms with van der Waals surface area (Å²) in [6, 6.07) is 3.92. The molecular weight excluding hydrogens is 284 g/mol. The van der Waals surface area contributed by atoms with Crippen molar-refractivity contribution in [3.8, 4) is 0 Å². The number of nitrogens with two attached hydrogens (primary N) is 1. The number of rotatable bonds is 3. The van der Waals surface area contributed by atoms with E-state index in [0.29, 0.717) is 4.31 Å². The number of fused-ring (bicyclic) bond motifs is 1.